The zero-order valence-corrected chi connectivity index (χ0v) is 21.3. The number of sulfonamides is 1. The average molecular weight is 494 g/mol. The van der Waals surface area contributed by atoms with Gasteiger partial charge in [-0.1, -0.05) is 18.2 Å². The minimum atomic E-state index is -3.91. The molecule has 3 aromatic rings. The molecule has 7 nitrogen and oxygen atoms in total. The summed E-state index contributed by atoms with van der Waals surface area (Å²) in [4.78, 5) is 16.3. The number of hydrogen-bond acceptors (Lipinski definition) is 5. The number of hydrogen-bond donors (Lipinski definition) is 2. The van der Waals surface area contributed by atoms with Gasteiger partial charge in [0.15, 0.2) is 0 Å². The summed E-state index contributed by atoms with van der Waals surface area (Å²) in [6.07, 6.45) is 0. The molecule has 8 heteroatoms. The number of anilines is 3. The quantitative estimate of drug-likeness (QED) is 0.511. The molecule has 0 amide bonds. The minimum Gasteiger partial charge on any atom is -0.478 e. The number of nitrogens with zero attached hydrogens (tertiary/aromatic N) is 2. The molecular weight excluding hydrogens is 462 g/mol. The molecule has 0 radical (unpaired) electrons. The van der Waals surface area contributed by atoms with Crippen LogP contribution in [0.3, 0.4) is 0 Å². The molecule has 0 saturated carbocycles. The number of nitrogens with one attached hydrogen (secondary N) is 1. The van der Waals surface area contributed by atoms with E-state index in [4.69, 9.17) is 0 Å². The molecule has 0 spiro atoms. The Morgan fingerprint density at radius 1 is 0.943 bits per heavy atom. The molecule has 1 heterocycles. The molecule has 4 rings (SSSR count). The second kappa shape index (κ2) is 9.62. The second-order valence-electron chi connectivity index (χ2n) is 9.29. The molecule has 35 heavy (non-hydrogen) atoms. The Balaban J connectivity index is 1.65. The summed E-state index contributed by atoms with van der Waals surface area (Å²) in [6.45, 7) is 9.99. The maximum absolute atomic E-state index is 13.3. The Labute approximate surface area is 207 Å². The number of carboxylic acid groups (broad SMARTS) is 1. The van der Waals surface area contributed by atoms with E-state index >= 15 is 0 Å². The fourth-order valence-electron chi connectivity index (χ4n) is 4.68. The zero-order chi connectivity index (χ0) is 25.3. The second-order valence-corrected chi connectivity index (χ2v) is 11.0. The van der Waals surface area contributed by atoms with Crippen molar-refractivity contribution in [3.63, 3.8) is 0 Å². The Hall–Kier alpha value is -3.52. The van der Waals surface area contributed by atoms with Crippen molar-refractivity contribution >= 4 is 33.1 Å². The van der Waals surface area contributed by atoms with Crippen molar-refractivity contribution in [1.82, 2.24) is 0 Å². The van der Waals surface area contributed by atoms with Gasteiger partial charge in [0.1, 0.15) is 0 Å². The summed E-state index contributed by atoms with van der Waals surface area (Å²) in [6, 6.07) is 18.3. The van der Waals surface area contributed by atoms with Gasteiger partial charge in [-0.2, -0.15) is 0 Å². The fourth-order valence-corrected chi connectivity index (χ4v) is 5.94. The van der Waals surface area contributed by atoms with E-state index in [-0.39, 0.29) is 22.2 Å². The van der Waals surface area contributed by atoms with Gasteiger partial charge in [-0.25, -0.2) is 13.2 Å². The third kappa shape index (κ3) is 5.43. The molecule has 1 atom stereocenters. The third-order valence-electron chi connectivity index (χ3n) is 6.29. The lowest BCUT2D eigenvalue weighted by atomic mass is 10.1. The first-order chi connectivity index (χ1) is 16.5. The van der Waals surface area contributed by atoms with Gasteiger partial charge < -0.3 is 14.9 Å². The molecular formula is C27H31N3O4S. The Kier molecular flexibility index (Phi) is 6.76. The average Bonchev–Trinajstić information content (AvgIpc) is 2.78. The van der Waals surface area contributed by atoms with E-state index in [1.165, 1.54) is 17.7 Å². The molecule has 1 aliphatic rings. The monoisotopic (exact) mass is 493 g/mol. The van der Waals surface area contributed by atoms with Crippen LogP contribution in [-0.4, -0.2) is 45.2 Å². The van der Waals surface area contributed by atoms with E-state index in [0.29, 0.717) is 18.8 Å². The summed E-state index contributed by atoms with van der Waals surface area (Å²) in [7, 11) is -3.91. The maximum atomic E-state index is 13.3. The van der Waals surface area contributed by atoms with Gasteiger partial charge in [-0.3, -0.25) is 4.72 Å². The van der Waals surface area contributed by atoms with Crippen LogP contribution < -0.4 is 14.5 Å². The minimum absolute atomic E-state index is 0.0262. The van der Waals surface area contributed by atoms with Crippen LogP contribution in [0.15, 0.2) is 65.6 Å². The molecule has 1 saturated heterocycles. The lowest BCUT2D eigenvalue weighted by Crippen LogP contribution is -2.52. The summed E-state index contributed by atoms with van der Waals surface area (Å²) in [5, 5.41) is 9.53. The number of rotatable bonds is 6. The predicted octanol–water partition coefficient (Wildman–Crippen LogP) is 4.83. The van der Waals surface area contributed by atoms with Crippen LogP contribution in [0.25, 0.3) is 0 Å². The van der Waals surface area contributed by atoms with E-state index in [1.54, 1.807) is 18.2 Å². The molecule has 0 bridgehead atoms. The topological polar surface area (TPSA) is 89.9 Å². The number of carbonyl (C=O) groups is 1. The first-order valence-corrected chi connectivity index (χ1v) is 13.1. The van der Waals surface area contributed by atoms with Gasteiger partial charge in [-0.05, 0) is 86.8 Å². The van der Waals surface area contributed by atoms with Crippen molar-refractivity contribution in [1.29, 1.82) is 0 Å². The number of carboxylic acids is 1. The number of aryl methyl sites for hydroxylation is 3. The fraction of sp³-hybridized carbons (Fsp3) is 0.296. The van der Waals surface area contributed by atoms with Crippen molar-refractivity contribution in [2.45, 2.75) is 38.6 Å². The molecule has 184 valence electrons. The van der Waals surface area contributed by atoms with Crippen LogP contribution in [-0.2, 0) is 10.0 Å². The number of piperazine rings is 1. The summed E-state index contributed by atoms with van der Waals surface area (Å²) in [5.74, 6) is -1.11. The highest BCUT2D eigenvalue weighted by Crippen LogP contribution is 2.33. The number of aromatic carboxylic acids is 1. The van der Waals surface area contributed by atoms with Crippen LogP contribution in [0.4, 0.5) is 17.1 Å². The van der Waals surface area contributed by atoms with Crippen molar-refractivity contribution in [2.24, 2.45) is 0 Å². The highest BCUT2D eigenvalue weighted by molar-refractivity contribution is 7.92. The predicted molar refractivity (Wildman–Crippen MR) is 140 cm³/mol. The molecule has 0 aromatic heterocycles. The summed E-state index contributed by atoms with van der Waals surface area (Å²) in [5.41, 5.74) is 4.99. The summed E-state index contributed by atoms with van der Waals surface area (Å²) >= 11 is 0. The van der Waals surface area contributed by atoms with Crippen molar-refractivity contribution < 1.29 is 18.3 Å². The normalized spacial score (nSPS) is 16.3. The largest absolute Gasteiger partial charge is 0.478 e. The van der Waals surface area contributed by atoms with E-state index in [1.807, 2.05) is 26.0 Å². The van der Waals surface area contributed by atoms with Crippen molar-refractivity contribution in [2.75, 3.05) is 34.2 Å². The van der Waals surface area contributed by atoms with E-state index in [9.17, 15) is 18.3 Å². The van der Waals surface area contributed by atoms with Gasteiger partial charge in [0.2, 0.25) is 0 Å². The molecule has 1 unspecified atom stereocenters. The SMILES string of the molecule is Cc1cccc(N2CCN(c3ccc(C(=O)O)cc3NS(=O)(=O)c3cc(C)cc(C)c3)CC2C)c1. The first-order valence-electron chi connectivity index (χ1n) is 11.6. The molecule has 3 aromatic carbocycles. The molecule has 0 aliphatic carbocycles. The molecule has 1 aliphatic heterocycles. The van der Waals surface area contributed by atoms with Crippen LogP contribution in [0.1, 0.15) is 34.0 Å². The Morgan fingerprint density at radius 2 is 1.66 bits per heavy atom. The molecule has 2 N–H and O–H groups in total. The lowest BCUT2D eigenvalue weighted by Gasteiger charge is -2.43. The lowest BCUT2D eigenvalue weighted by molar-refractivity contribution is 0.0697. The Morgan fingerprint density at radius 3 is 2.29 bits per heavy atom. The molecule has 1 fully saturated rings. The van der Waals surface area contributed by atoms with Crippen LogP contribution in [0.5, 0.6) is 0 Å². The number of benzene rings is 3. The first kappa shape index (κ1) is 24.6. The van der Waals surface area contributed by atoms with Gasteiger partial charge in [0.25, 0.3) is 10.0 Å². The van der Waals surface area contributed by atoms with Crippen LogP contribution >= 0.6 is 0 Å². The van der Waals surface area contributed by atoms with Gasteiger partial charge in [0.05, 0.1) is 21.8 Å². The van der Waals surface area contributed by atoms with E-state index in [2.05, 4.69) is 46.6 Å². The van der Waals surface area contributed by atoms with E-state index in [0.717, 1.165) is 23.4 Å². The van der Waals surface area contributed by atoms with Crippen LogP contribution in [0.2, 0.25) is 0 Å². The smallest absolute Gasteiger partial charge is 0.335 e. The van der Waals surface area contributed by atoms with Gasteiger partial charge >= 0.3 is 5.97 Å². The maximum Gasteiger partial charge on any atom is 0.335 e. The highest BCUT2D eigenvalue weighted by atomic mass is 32.2. The van der Waals surface area contributed by atoms with Crippen molar-refractivity contribution in [3.8, 4) is 0 Å². The standard InChI is InChI=1S/C27H31N3O4S/c1-18-6-5-7-23(13-18)30-11-10-29(17-21(30)4)26-9-8-22(27(31)32)16-25(26)28-35(33,34)24-14-19(2)12-20(3)15-24/h5-9,12-16,21,28H,10-11,17H2,1-4H3,(H,31,32). The summed E-state index contributed by atoms with van der Waals surface area (Å²) < 4.78 is 29.2. The Bertz CT molecular complexity index is 1350. The zero-order valence-electron chi connectivity index (χ0n) is 20.4. The van der Waals surface area contributed by atoms with E-state index < -0.39 is 16.0 Å². The highest BCUT2D eigenvalue weighted by Gasteiger charge is 2.27. The van der Waals surface area contributed by atoms with Gasteiger partial charge in [0, 0.05) is 31.4 Å². The third-order valence-corrected chi connectivity index (χ3v) is 7.64. The van der Waals surface area contributed by atoms with Gasteiger partial charge in [-0.15, -0.1) is 0 Å². The van der Waals surface area contributed by atoms with Crippen LogP contribution in [0, 0.1) is 20.8 Å². The van der Waals surface area contributed by atoms with Crippen molar-refractivity contribution in [3.05, 3.63) is 82.9 Å².